The van der Waals surface area contributed by atoms with Gasteiger partial charge in [0.1, 0.15) is 0 Å². The lowest BCUT2D eigenvalue weighted by Crippen LogP contribution is -2.02. The maximum Gasteiger partial charge on any atom is 0.203 e. The van der Waals surface area contributed by atoms with Crippen molar-refractivity contribution in [2.24, 2.45) is 5.90 Å². The van der Waals surface area contributed by atoms with E-state index in [1.54, 1.807) is 31.2 Å². The highest BCUT2D eigenvalue weighted by molar-refractivity contribution is 7.95. The van der Waals surface area contributed by atoms with E-state index in [2.05, 4.69) is 4.84 Å². The second kappa shape index (κ2) is 3.44. The SMILES string of the molecule is CC1=Cc2ccc(CON)cc2S1(=O)=O. The lowest BCUT2D eigenvalue weighted by Gasteiger charge is -2.03. The van der Waals surface area contributed by atoms with Gasteiger partial charge in [-0.05, 0) is 30.2 Å². The maximum atomic E-state index is 11.8. The Bertz CT molecular complexity index is 532. The largest absolute Gasteiger partial charge is 0.300 e. The van der Waals surface area contributed by atoms with Gasteiger partial charge >= 0.3 is 0 Å². The summed E-state index contributed by atoms with van der Waals surface area (Å²) in [6, 6.07) is 5.17. The Morgan fingerprint density at radius 3 is 2.80 bits per heavy atom. The molecule has 0 saturated carbocycles. The molecule has 0 saturated heterocycles. The fourth-order valence-electron chi connectivity index (χ4n) is 1.59. The van der Waals surface area contributed by atoms with Crippen molar-refractivity contribution >= 4 is 15.9 Å². The molecule has 0 amide bonds. The Morgan fingerprint density at radius 2 is 2.13 bits per heavy atom. The fraction of sp³-hybridized carbons (Fsp3) is 0.200. The number of sulfone groups is 1. The van der Waals surface area contributed by atoms with E-state index in [1.807, 2.05) is 0 Å². The van der Waals surface area contributed by atoms with Crippen LogP contribution in [0.4, 0.5) is 0 Å². The Hall–Kier alpha value is -1.17. The van der Waals surface area contributed by atoms with Crippen molar-refractivity contribution in [3.63, 3.8) is 0 Å². The van der Waals surface area contributed by atoms with Crippen molar-refractivity contribution in [3.8, 4) is 0 Å². The molecular weight excluding hydrogens is 214 g/mol. The van der Waals surface area contributed by atoms with Crippen molar-refractivity contribution in [2.45, 2.75) is 18.4 Å². The summed E-state index contributed by atoms with van der Waals surface area (Å²) in [5.74, 6) is 4.94. The van der Waals surface area contributed by atoms with Crippen LogP contribution in [0.5, 0.6) is 0 Å². The van der Waals surface area contributed by atoms with Crippen molar-refractivity contribution in [1.29, 1.82) is 0 Å². The minimum Gasteiger partial charge on any atom is -0.300 e. The molecule has 2 rings (SSSR count). The van der Waals surface area contributed by atoms with E-state index < -0.39 is 9.84 Å². The van der Waals surface area contributed by atoms with E-state index in [9.17, 15) is 8.42 Å². The smallest absolute Gasteiger partial charge is 0.203 e. The number of rotatable bonds is 2. The maximum absolute atomic E-state index is 11.8. The number of hydrogen-bond acceptors (Lipinski definition) is 4. The van der Waals surface area contributed by atoms with Gasteiger partial charge in [0.15, 0.2) is 0 Å². The molecule has 0 unspecified atom stereocenters. The van der Waals surface area contributed by atoms with Crippen molar-refractivity contribution in [3.05, 3.63) is 34.2 Å². The third kappa shape index (κ3) is 1.58. The molecule has 1 aliphatic rings. The van der Waals surface area contributed by atoms with E-state index in [0.717, 1.165) is 11.1 Å². The van der Waals surface area contributed by atoms with Gasteiger partial charge in [0.25, 0.3) is 0 Å². The molecule has 0 radical (unpaired) electrons. The zero-order chi connectivity index (χ0) is 11.1. The monoisotopic (exact) mass is 225 g/mol. The molecule has 4 nitrogen and oxygen atoms in total. The summed E-state index contributed by atoms with van der Waals surface area (Å²) in [6.45, 7) is 1.80. The molecule has 1 aromatic carbocycles. The Balaban J connectivity index is 2.56. The normalized spacial score (nSPS) is 17.3. The topological polar surface area (TPSA) is 69.4 Å². The minimum absolute atomic E-state index is 0.210. The van der Waals surface area contributed by atoms with Crippen LogP contribution in [-0.4, -0.2) is 8.42 Å². The van der Waals surface area contributed by atoms with Gasteiger partial charge < -0.3 is 0 Å². The highest BCUT2D eigenvalue weighted by Crippen LogP contribution is 2.32. The van der Waals surface area contributed by atoms with Gasteiger partial charge in [0, 0.05) is 4.91 Å². The van der Waals surface area contributed by atoms with Gasteiger partial charge in [-0.2, -0.15) is 0 Å². The Kier molecular flexibility index (Phi) is 2.38. The fourth-order valence-corrected chi connectivity index (χ4v) is 2.96. The third-order valence-electron chi connectivity index (χ3n) is 2.40. The summed E-state index contributed by atoms with van der Waals surface area (Å²) < 4.78 is 23.6. The number of hydrogen-bond donors (Lipinski definition) is 1. The van der Waals surface area contributed by atoms with Crippen LogP contribution in [0.3, 0.4) is 0 Å². The van der Waals surface area contributed by atoms with Gasteiger partial charge in [-0.15, -0.1) is 0 Å². The summed E-state index contributed by atoms with van der Waals surface area (Å²) in [5, 5.41) is 0. The molecule has 1 aliphatic heterocycles. The van der Waals surface area contributed by atoms with Crippen molar-refractivity contribution in [2.75, 3.05) is 0 Å². The average Bonchev–Trinajstić information content (AvgIpc) is 2.40. The molecule has 1 heterocycles. The number of nitrogens with two attached hydrogens (primary N) is 1. The van der Waals surface area contributed by atoms with Crippen LogP contribution < -0.4 is 5.90 Å². The zero-order valence-corrected chi connectivity index (χ0v) is 9.04. The molecule has 0 spiro atoms. The summed E-state index contributed by atoms with van der Waals surface area (Å²) in [4.78, 5) is 5.19. The van der Waals surface area contributed by atoms with Gasteiger partial charge in [-0.3, -0.25) is 4.84 Å². The van der Waals surface area contributed by atoms with E-state index >= 15 is 0 Å². The van der Waals surface area contributed by atoms with Crippen LogP contribution >= 0.6 is 0 Å². The highest BCUT2D eigenvalue weighted by Gasteiger charge is 2.26. The molecule has 5 heteroatoms. The Morgan fingerprint density at radius 1 is 1.40 bits per heavy atom. The third-order valence-corrected chi connectivity index (χ3v) is 4.30. The lowest BCUT2D eigenvalue weighted by atomic mass is 10.1. The molecule has 0 aliphatic carbocycles. The quantitative estimate of drug-likeness (QED) is 0.768. The number of fused-ring (bicyclic) bond motifs is 1. The summed E-state index contributed by atoms with van der Waals surface area (Å²) in [5.41, 5.74) is 1.48. The molecule has 0 atom stereocenters. The molecule has 80 valence electrons. The van der Waals surface area contributed by atoms with Crippen LogP contribution in [0.2, 0.25) is 0 Å². The predicted molar refractivity (Wildman–Crippen MR) is 56.3 cm³/mol. The first-order chi connectivity index (χ1) is 7.05. The van der Waals surface area contributed by atoms with Crippen LogP contribution in [0, 0.1) is 0 Å². The number of allylic oxidation sites excluding steroid dienone is 1. The van der Waals surface area contributed by atoms with E-state index in [1.165, 1.54) is 0 Å². The molecule has 2 N–H and O–H groups in total. The molecule has 0 aromatic heterocycles. The standard InChI is InChI=1S/C10H11NO3S/c1-7-4-9-3-2-8(6-14-11)5-10(9)15(7,12)13/h2-5H,6,11H2,1H3. The highest BCUT2D eigenvalue weighted by atomic mass is 32.2. The molecular formula is C10H11NO3S. The molecule has 15 heavy (non-hydrogen) atoms. The molecule has 1 aromatic rings. The van der Waals surface area contributed by atoms with E-state index in [-0.39, 0.29) is 6.61 Å². The van der Waals surface area contributed by atoms with Crippen LogP contribution in [0.25, 0.3) is 6.08 Å². The number of benzene rings is 1. The first kappa shape index (κ1) is 10.4. The van der Waals surface area contributed by atoms with E-state index in [4.69, 9.17) is 5.90 Å². The average molecular weight is 225 g/mol. The van der Waals surface area contributed by atoms with Crippen LogP contribution in [-0.2, 0) is 21.3 Å². The molecule has 0 bridgehead atoms. The Labute approximate surface area is 88.2 Å². The zero-order valence-electron chi connectivity index (χ0n) is 8.23. The molecule has 0 fully saturated rings. The summed E-state index contributed by atoms with van der Waals surface area (Å²) in [7, 11) is -3.26. The van der Waals surface area contributed by atoms with Crippen molar-refractivity contribution in [1.82, 2.24) is 0 Å². The van der Waals surface area contributed by atoms with Gasteiger partial charge in [-0.25, -0.2) is 14.3 Å². The lowest BCUT2D eigenvalue weighted by molar-refractivity contribution is 0.124. The van der Waals surface area contributed by atoms with Gasteiger partial charge in [-0.1, -0.05) is 12.1 Å². The van der Waals surface area contributed by atoms with E-state index in [0.29, 0.717) is 9.80 Å². The van der Waals surface area contributed by atoms with Gasteiger partial charge in [0.05, 0.1) is 11.5 Å². The minimum atomic E-state index is -3.26. The van der Waals surface area contributed by atoms with Crippen LogP contribution in [0.15, 0.2) is 28.0 Å². The first-order valence-corrected chi connectivity index (χ1v) is 5.92. The van der Waals surface area contributed by atoms with Gasteiger partial charge in [0.2, 0.25) is 9.84 Å². The van der Waals surface area contributed by atoms with Crippen LogP contribution in [0.1, 0.15) is 18.1 Å². The second-order valence-corrected chi connectivity index (χ2v) is 5.53. The first-order valence-electron chi connectivity index (χ1n) is 4.43. The predicted octanol–water partition coefficient (Wildman–Crippen LogP) is 1.23. The second-order valence-electron chi connectivity index (χ2n) is 3.44. The summed E-state index contributed by atoms with van der Waals surface area (Å²) >= 11 is 0. The summed E-state index contributed by atoms with van der Waals surface area (Å²) in [6.07, 6.45) is 1.66. The van der Waals surface area contributed by atoms with Crippen molar-refractivity contribution < 1.29 is 13.3 Å².